The Balaban J connectivity index is 2.61. The Bertz CT molecular complexity index is 393. The lowest BCUT2D eigenvalue weighted by Crippen LogP contribution is -2.26. The zero-order valence-corrected chi connectivity index (χ0v) is 13.4. The smallest absolute Gasteiger partial charge is 0.124 e. The van der Waals surface area contributed by atoms with Crippen molar-refractivity contribution in [3.63, 3.8) is 0 Å². The maximum absolute atomic E-state index is 10.4. The molecular formula is C17H29NO2. The molecule has 1 unspecified atom stereocenters. The van der Waals surface area contributed by atoms with E-state index in [4.69, 9.17) is 4.74 Å². The molecule has 0 heterocycles. The van der Waals surface area contributed by atoms with Gasteiger partial charge in [0.2, 0.25) is 0 Å². The van der Waals surface area contributed by atoms with Gasteiger partial charge < -0.3 is 14.7 Å². The lowest BCUT2D eigenvalue weighted by atomic mass is 10.0. The lowest BCUT2D eigenvalue weighted by molar-refractivity contribution is 0.140. The summed E-state index contributed by atoms with van der Waals surface area (Å²) >= 11 is 0. The summed E-state index contributed by atoms with van der Waals surface area (Å²) in [5.41, 5.74) is 2.05. The first kappa shape index (κ1) is 17.0. The van der Waals surface area contributed by atoms with E-state index in [-0.39, 0.29) is 0 Å². The Morgan fingerprint density at radius 1 is 1.25 bits per heavy atom. The van der Waals surface area contributed by atoms with Crippen LogP contribution < -0.4 is 4.74 Å². The normalized spacial score (nSPS) is 12.7. The van der Waals surface area contributed by atoms with E-state index in [0.717, 1.165) is 42.9 Å². The minimum Gasteiger partial charge on any atom is -0.496 e. The van der Waals surface area contributed by atoms with Gasteiger partial charge in [-0.15, -0.1) is 0 Å². The molecule has 1 atom stereocenters. The van der Waals surface area contributed by atoms with Gasteiger partial charge in [0.05, 0.1) is 13.2 Å². The Morgan fingerprint density at radius 3 is 2.60 bits per heavy atom. The summed E-state index contributed by atoms with van der Waals surface area (Å²) in [6.07, 6.45) is 2.72. The van der Waals surface area contributed by atoms with Crippen molar-refractivity contribution in [2.45, 2.75) is 46.1 Å². The summed E-state index contributed by atoms with van der Waals surface area (Å²) in [6.45, 7) is 9.50. The molecule has 114 valence electrons. The van der Waals surface area contributed by atoms with Crippen molar-refractivity contribution in [1.29, 1.82) is 0 Å². The van der Waals surface area contributed by atoms with Crippen LogP contribution in [-0.2, 0) is 0 Å². The number of rotatable bonds is 9. The van der Waals surface area contributed by atoms with Crippen LogP contribution in [0.5, 0.6) is 5.75 Å². The van der Waals surface area contributed by atoms with Crippen LogP contribution in [0.1, 0.15) is 50.3 Å². The summed E-state index contributed by atoms with van der Waals surface area (Å²) in [5, 5.41) is 10.4. The van der Waals surface area contributed by atoms with Crippen LogP contribution in [-0.4, -0.2) is 36.8 Å². The molecule has 1 aromatic rings. The van der Waals surface area contributed by atoms with Gasteiger partial charge in [-0.3, -0.25) is 0 Å². The van der Waals surface area contributed by atoms with E-state index in [1.165, 1.54) is 12.8 Å². The summed E-state index contributed by atoms with van der Waals surface area (Å²) < 4.78 is 5.35. The molecule has 0 radical (unpaired) electrons. The van der Waals surface area contributed by atoms with Crippen LogP contribution in [0.15, 0.2) is 18.2 Å². The number of benzene rings is 1. The average Bonchev–Trinajstić information content (AvgIpc) is 2.47. The molecule has 0 bridgehead atoms. The van der Waals surface area contributed by atoms with Crippen molar-refractivity contribution in [3.05, 3.63) is 29.3 Å². The maximum Gasteiger partial charge on any atom is 0.124 e. The number of unbranched alkanes of at least 4 members (excludes halogenated alkanes) is 1. The standard InChI is InChI=1S/C17H29NO2/c1-5-7-11-18(6-2)12-10-16(19)15-13-14(3)8-9-17(15)20-4/h8-9,13,16,19H,5-7,10-12H2,1-4H3. The first-order valence-corrected chi connectivity index (χ1v) is 7.67. The highest BCUT2D eigenvalue weighted by atomic mass is 16.5. The highest BCUT2D eigenvalue weighted by Gasteiger charge is 2.14. The Labute approximate surface area is 123 Å². The SMILES string of the molecule is CCCCN(CC)CCC(O)c1cc(C)ccc1OC. The molecule has 0 aromatic heterocycles. The second kappa shape index (κ2) is 8.98. The molecule has 3 heteroatoms. The van der Waals surface area contributed by atoms with E-state index >= 15 is 0 Å². The van der Waals surface area contributed by atoms with Crippen LogP contribution >= 0.6 is 0 Å². The predicted molar refractivity (Wildman–Crippen MR) is 84.3 cm³/mol. The number of methoxy groups -OCH3 is 1. The van der Waals surface area contributed by atoms with Crippen LogP contribution in [0.25, 0.3) is 0 Å². The molecule has 0 saturated carbocycles. The molecule has 0 amide bonds. The van der Waals surface area contributed by atoms with Gasteiger partial charge in [-0.05, 0) is 45.0 Å². The van der Waals surface area contributed by atoms with Crippen molar-refractivity contribution in [3.8, 4) is 5.75 Å². The average molecular weight is 279 g/mol. The number of hydrogen-bond acceptors (Lipinski definition) is 3. The molecule has 1 N–H and O–H groups in total. The van der Waals surface area contributed by atoms with Gasteiger partial charge >= 0.3 is 0 Å². The highest BCUT2D eigenvalue weighted by Crippen LogP contribution is 2.28. The van der Waals surface area contributed by atoms with Gasteiger partial charge in [0.25, 0.3) is 0 Å². The van der Waals surface area contributed by atoms with Crippen LogP contribution in [0.2, 0.25) is 0 Å². The molecular weight excluding hydrogens is 250 g/mol. The van der Waals surface area contributed by atoms with E-state index in [2.05, 4.69) is 18.7 Å². The highest BCUT2D eigenvalue weighted by molar-refractivity contribution is 5.38. The first-order valence-electron chi connectivity index (χ1n) is 7.67. The third kappa shape index (κ3) is 5.14. The molecule has 0 spiro atoms. The molecule has 0 aliphatic heterocycles. The van der Waals surface area contributed by atoms with Crippen molar-refractivity contribution < 1.29 is 9.84 Å². The fraction of sp³-hybridized carbons (Fsp3) is 0.647. The minimum absolute atomic E-state index is 0.458. The number of aliphatic hydroxyl groups is 1. The molecule has 1 rings (SSSR count). The third-order valence-corrected chi connectivity index (χ3v) is 3.74. The van der Waals surface area contributed by atoms with Crippen molar-refractivity contribution in [2.75, 3.05) is 26.7 Å². The van der Waals surface area contributed by atoms with Crippen molar-refractivity contribution in [1.82, 2.24) is 4.90 Å². The molecule has 20 heavy (non-hydrogen) atoms. The van der Waals surface area contributed by atoms with Crippen molar-refractivity contribution >= 4 is 0 Å². The van der Waals surface area contributed by atoms with E-state index in [1.807, 2.05) is 25.1 Å². The van der Waals surface area contributed by atoms with Gasteiger partial charge in [0.1, 0.15) is 5.75 Å². The second-order valence-corrected chi connectivity index (χ2v) is 5.34. The number of aliphatic hydroxyl groups excluding tert-OH is 1. The van der Waals surface area contributed by atoms with Gasteiger partial charge in [-0.25, -0.2) is 0 Å². The second-order valence-electron chi connectivity index (χ2n) is 5.34. The number of hydrogen-bond donors (Lipinski definition) is 1. The number of aryl methyl sites for hydroxylation is 1. The van der Waals surface area contributed by atoms with Gasteiger partial charge in [0.15, 0.2) is 0 Å². The zero-order chi connectivity index (χ0) is 15.0. The monoisotopic (exact) mass is 279 g/mol. The fourth-order valence-corrected chi connectivity index (χ4v) is 2.38. The van der Waals surface area contributed by atoms with E-state index in [1.54, 1.807) is 7.11 Å². The number of nitrogens with zero attached hydrogens (tertiary/aromatic N) is 1. The van der Waals surface area contributed by atoms with Gasteiger partial charge in [-0.1, -0.05) is 31.9 Å². The number of ether oxygens (including phenoxy) is 1. The summed E-state index contributed by atoms with van der Waals surface area (Å²) in [4.78, 5) is 2.40. The lowest BCUT2D eigenvalue weighted by Gasteiger charge is -2.22. The van der Waals surface area contributed by atoms with Crippen LogP contribution in [0.4, 0.5) is 0 Å². The van der Waals surface area contributed by atoms with Gasteiger partial charge in [-0.2, -0.15) is 0 Å². The van der Waals surface area contributed by atoms with Crippen LogP contribution in [0, 0.1) is 6.92 Å². The maximum atomic E-state index is 10.4. The molecule has 0 aliphatic rings. The first-order chi connectivity index (χ1) is 9.62. The Kier molecular flexibility index (Phi) is 7.63. The summed E-state index contributed by atoms with van der Waals surface area (Å²) in [7, 11) is 1.65. The van der Waals surface area contributed by atoms with E-state index in [0.29, 0.717) is 0 Å². The topological polar surface area (TPSA) is 32.7 Å². The molecule has 3 nitrogen and oxygen atoms in total. The van der Waals surface area contributed by atoms with Crippen molar-refractivity contribution in [2.24, 2.45) is 0 Å². The molecule has 0 fully saturated rings. The summed E-state index contributed by atoms with van der Waals surface area (Å²) in [6, 6.07) is 5.96. The van der Waals surface area contributed by atoms with E-state index < -0.39 is 6.10 Å². The van der Waals surface area contributed by atoms with Gasteiger partial charge in [0, 0.05) is 12.1 Å². The quantitative estimate of drug-likeness (QED) is 0.750. The third-order valence-electron chi connectivity index (χ3n) is 3.74. The minimum atomic E-state index is -0.458. The summed E-state index contributed by atoms with van der Waals surface area (Å²) in [5.74, 6) is 0.778. The van der Waals surface area contributed by atoms with E-state index in [9.17, 15) is 5.11 Å². The Morgan fingerprint density at radius 2 is 2.00 bits per heavy atom. The zero-order valence-electron chi connectivity index (χ0n) is 13.4. The fourth-order valence-electron chi connectivity index (χ4n) is 2.38. The molecule has 0 saturated heterocycles. The Hall–Kier alpha value is -1.06. The molecule has 0 aliphatic carbocycles. The largest absolute Gasteiger partial charge is 0.496 e. The van der Waals surface area contributed by atoms with Crippen LogP contribution in [0.3, 0.4) is 0 Å². The molecule has 1 aromatic carbocycles. The predicted octanol–water partition coefficient (Wildman–Crippen LogP) is 3.55.